The van der Waals surface area contributed by atoms with Gasteiger partial charge in [0.1, 0.15) is 5.82 Å². The molecule has 138 valence electrons. The molecular formula is C17H27N5O2S. The van der Waals surface area contributed by atoms with Gasteiger partial charge in [0.05, 0.1) is 5.92 Å². The van der Waals surface area contributed by atoms with E-state index in [1.807, 2.05) is 11.8 Å². The van der Waals surface area contributed by atoms with Crippen LogP contribution in [0.5, 0.6) is 0 Å². The summed E-state index contributed by atoms with van der Waals surface area (Å²) in [7, 11) is 0. The van der Waals surface area contributed by atoms with Crippen molar-refractivity contribution in [2.75, 3.05) is 18.8 Å². The van der Waals surface area contributed by atoms with Gasteiger partial charge in [-0.15, -0.1) is 10.2 Å². The molecule has 1 unspecified atom stereocenters. The van der Waals surface area contributed by atoms with Gasteiger partial charge < -0.3 is 14.8 Å². The molecule has 1 saturated heterocycles. The highest BCUT2D eigenvalue weighted by Gasteiger charge is 2.38. The first-order valence-electron chi connectivity index (χ1n) is 9.20. The van der Waals surface area contributed by atoms with Gasteiger partial charge in [-0.05, 0) is 26.7 Å². The Hall–Kier alpha value is -1.57. The molecule has 25 heavy (non-hydrogen) atoms. The molecule has 1 N–H and O–H groups in total. The first-order chi connectivity index (χ1) is 12.1. The molecule has 1 saturated carbocycles. The number of nitrogens with one attached hydrogen (secondary N) is 1. The third-order valence-corrected chi connectivity index (χ3v) is 6.11. The van der Waals surface area contributed by atoms with Crippen molar-refractivity contribution in [3.05, 3.63) is 5.82 Å². The van der Waals surface area contributed by atoms with Gasteiger partial charge in [-0.2, -0.15) is 0 Å². The lowest BCUT2D eigenvalue weighted by molar-refractivity contribution is -0.130. The molecule has 3 rings (SSSR count). The Balaban J connectivity index is 1.41. The van der Waals surface area contributed by atoms with Crippen LogP contribution in [-0.4, -0.2) is 56.4 Å². The fourth-order valence-corrected chi connectivity index (χ4v) is 4.67. The van der Waals surface area contributed by atoms with Crippen LogP contribution < -0.4 is 5.32 Å². The average Bonchev–Trinajstić information content (AvgIpc) is 3.31. The third-order valence-electron chi connectivity index (χ3n) is 5.15. The molecule has 1 aliphatic carbocycles. The molecule has 1 atom stereocenters. The molecule has 0 radical (unpaired) electrons. The van der Waals surface area contributed by atoms with Gasteiger partial charge in [0, 0.05) is 37.8 Å². The molecule has 1 aromatic heterocycles. The Kier molecular flexibility index (Phi) is 5.98. The highest BCUT2D eigenvalue weighted by atomic mass is 32.2. The molecule has 7 nitrogen and oxygen atoms in total. The SMILES string of the molecule is CCn1c(C)nnc1SCCNC(=O)C1CC(=O)N(C2CCCC2)C1. The summed E-state index contributed by atoms with van der Waals surface area (Å²) in [6.45, 7) is 6.01. The molecule has 2 aliphatic rings. The van der Waals surface area contributed by atoms with Crippen LogP contribution in [0.3, 0.4) is 0 Å². The van der Waals surface area contributed by atoms with Crippen LogP contribution in [0.2, 0.25) is 0 Å². The van der Waals surface area contributed by atoms with E-state index in [0.717, 1.165) is 36.1 Å². The maximum absolute atomic E-state index is 12.4. The van der Waals surface area contributed by atoms with Gasteiger partial charge in [0.15, 0.2) is 5.16 Å². The number of amides is 2. The van der Waals surface area contributed by atoms with E-state index < -0.39 is 0 Å². The van der Waals surface area contributed by atoms with Crippen LogP contribution in [0.25, 0.3) is 0 Å². The van der Waals surface area contributed by atoms with E-state index in [-0.39, 0.29) is 17.7 Å². The highest BCUT2D eigenvalue weighted by Crippen LogP contribution is 2.29. The van der Waals surface area contributed by atoms with Crippen molar-refractivity contribution in [2.24, 2.45) is 5.92 Å². The van der Waals surface area contributed by atoms with Crippen molar-refractivity contribution in [1.82, 2.24) is 25.0 Å². The molecule has 0 spiro atoms. The van der Waals surface area contributed by atoms with Crippen LogP contribution in [0.1, 0.15) is 44.9 Å². The molecule has 8 heteroatoms. The first kappa shape index (κ1) is 18.2. The summed E-state index contributed by atoms with van der Waals surface area (Å²) >= 11 is 1.60. The standard InChI is InChI=1S/C17H27N5O2S/c1-3-21-12(2)19-20-17(21)25-9-8-18-16(24)13-10-15(23)22(11-13)14-6-4-5-7-14/h13-14H,3-11H2,1-2H3,(H,18,24). The van der Waals surface area contributed by atoms with E-state index >= 15 is 0 Å². The number of thioether (sulfide) groups is 1. The van der Waals surface area contributed by atoms with E-state index in [0.29, 0.717) is 25.6 Å². The smallest absolute Gasteiger partial charge is 0.225 e. The van der Waals surface area contributed by atoms with Crippen LogP contribution in [0.15, 0.2) is 5.16 Å². The summed E-state index contributed by atoms with van der Waals surface area (Å²) in [5.41, 5.74) is 0. The van der Waals surface area contributed by atoms with Crippen molar-refractivity contribution in [3.8, 4) is 0 Å². The van der Waals surface area contributed by atoms with Gasteiger partial charge in [0.2, 0.25) is 11.8 Å². The molecular weight excluding hydrogens is 338 g/mol. The van der Waals surface area contributed by atoms with Gasteiger partial charge in [-0.3, -0.25) is 9.59 Å². The number of hydrogen-bond donors (Lipinski definition) is 1. The third kappa shape index (κ3) is 4.16. The summed E-state index contributed by atoms with van der Waals surface area (Å²) < 4.78 is 2.06. The summed E-state index contributed by atoms with van der Waals surface area (Å²) in [6.07, 6.45) is 4.94. The second kappa shape index (κ2) is 8.21. The number of likely N-dealkylation sites (tertiary alicyclic amines) is 1. The predicted molar refractivity (Wildman–Crippen MR) is 96.2 cm³/mol. The summed E-state index contributed by atoms with van der Waals surface area (Å²) in [5, 5.41) is 12.1. The van der Waals surface area contributed by atoms with Crippen molar-refractivity contribution in [2.45, 2.75) is 63.7 Å². The Morgan fingerprint density at radius 2 is 2.08 bits per heavy atom. The van der Waals surface area contributed by atoms with E-state index in [1.165, 1.54) is 12.8 Å². The maximum atomic E-state index is 12.4. The van der Waals surface area contributed by atoms with E-state index in [4.69, 9.17) is 0 Å². The minimum atomic E-state index is -0.195. The van der Waals surface area contributed by atoms with E-state index in [9.17, 15) is 9.59 Å². The van der Waals surface area contributed by atoms with Crippen LogP contribution >= 0.6 is 11.8 Å². The number of carbonyl (C=O) groups excluding carboxylic acids is 2. The van der Waals surface area contributed by atoms with Crippen molar-refractivity contribution >= 4 is 23.6 Å². The van der Waals surface area contributed by atoms with Crippen molar-refractivity contribution < 1.29 is 9.59 Å². The van der Waals surface area contributed by atoms with Gasteiger partial charge in [0.25, 0.3) is 0 Å². The zero-order valence-electron chi connectivity index (χ0n) is 15.0. The number of nitrogens with zero attached hydrogens (tertiary/aromatic N) is 4. The highest BCUT2D eigenvalue weighted by molar-refractivity contribution is 7.99. The predicted octanol–water partition coefficient (Wildman–Crippen LogP) is 1.61. The molecule has 0 aromatic carbocycles. The van der Waals surface area contributed by atoms with Crippen LogP contribution in [0, 0.1) is 12.8 Å². The Bertz CT molecular complexity index is 627. The minimum Gasteiger partial charge on any atom is -0.355 e. The van der Waals surface area contributed by atoms with Gasteiger partial charge in [-0.25, -0.2) is 0 Å². The second-order valence-electron chi connectivity index (χ2n) is 6.80. The molecule has 2 fully saturated rings. The maximum Gasteiger partial charge on any atom is 0.225 e. The number of aromatic nitrogens is 3. The lowest BCUT2D eigenvalue weighted by Crippen LogP contribution is -2.37. The van der Waals surface area contributed by atoms with E-state index in [2.05, 4.69) is 27.0 Å². The normalized spacial score (nSPS) is 21.3. The van der Waals surface area contributed by atoms with E-state index in [1.54, 1.807) is 11.8 Å². The van der Waals surface area contributed by atoms with Crippen LogP contribution in [0.4, 0.5) is 0 Å². The molecule has 2 heterocycles. The minimum absolute atomic E-state index is 0.00239. The molecule has 1 aromatic rings. The molecule has 1 aliphatic heterocycles. The summed E-state index contributed by atoms with van der Waals surface area (Å²) in [6, 6.07) is 0.365. The number of rotatable bonds is 7. The Morgan fingerprint density at radius 1 is 1.32 bits per heavy atom. The fourth-order valence-electron chi connectivity index (χ4n) is 3.77. The number of carbonyl (C=O) groups is 2. The Morgan fingerprint density at radius 3 is 2.80 bits per heavy atom. The zero-order chi connectivity index (χ0) is 17.8. The van der Waals surface area contributed by atoms with Gasteiger partial charge >= 0.3 is 0 Å². The zero-order valence-corrected chi connectivity index (χ0v) is 15.8. The topological polar surface area (TPSA) is 80.1 Å². The first-order valence-corrected chi connectivity index (χ1v) is 10.2. The number of hydrogen-bond acceptors (Lipinski definition) is 5. The lowest BCUT2D eigenvalue weighted by Gasteiger charge is -2.23. The van der Waals surface area contributed by atoms with Crippen molar-refractivity contribution in [1.29, 1.82) is 0 Å². The lowest BCUT2D eigenvalue weighted by atomic mass is 10.1. The number of aryl methyl sites for hydroxylation is 1. The average molecular weight is 366 g/mol. The molecule has 0 bridgehead atoms. The Labute approximate surface area is 152 Å². The van der Waals surface area contributed by atoms with Crippen molar-refractivity contribution in [3.63, 3.8) is 0 Å². The summed E-state index contributed by atoms with van der Waals surface area (Å²) in [5.74, 6) is 1.61. The largest absolute Gasteiger partial charge is 0.355 e. The fraction of sp³-hybridized carbons (Fsp3) is 0.765. The molecule has 2 amide bonds. The second-order valence-corrected chi connectivity index (χ2v) is 7.86. The van der Waals surface area contributed by atoms with Gasteiger partial charge in [-0.1, -0.05) is 24.6 Å². The summed E-state index contributed by atoms with van der Waals surface area (Å²) in [4.78, 5) is 26.5. The monoisotopic (exact) mass is 365 g/mol. The quantitative estimate of drug-likeness (QED) is 0.586. The van der Waals surface area contributed by atoms with Crippen LogP contribution in [-0.2, 0) is 16.1 Å².